The van der Waals surface area contributed by atoms with Crippen molar-refractivity contribution in [3.8, 4) is 0 Å². The minimum Gasteiger partial charge on any atom is -0.481 e. The summed E-state index contributed by atoms with van der Waals surface area (Å²) in [5, 5.41) is 15.0. The molecule has 2 unspecified atom stereocenters. The van der Waals surface area contributed by atoms with Crippen molar-refractivity contribution in [1.29, 1.82) is 0 Å². The number of anilines is 1. The summed E-state index contributed by atoms with van der Waals surface area (Å²) in [5.74, 6) is -1.46. The van der Waals surface area contributed by atoms with Crippen LogP contribution in [0.3, 0.4) is 0 Å². The summed E-state index contributed by atoms with van der Waals surface area (Å²) < 4.78 is 26.7. The molecule has 0 fully saturated rings. The average molecular weight is 570 g/mol. The molecule has 1 aliphatic heterocycles. The van der Waals surface area contributed by atoms with Crippen molar-refractivity contribution in [2.45, 2.75) is 38.0 Å². The summed E-state index contributed by atoms with van der Waals surface area (Å²) in [7, 11) is 0. The quantitative estimate of drug-likeness (QED) is 0.199. The molecule has 1 aromatic carbocycles. The van der Waals surface area contributed by atoms with Gasteiger partial charge in [0, 0.05) is 5.25 Å². The van der Waals surface area contributed by atoms with Crippen molar-refractivity contribution >= 4 is 40.4 Å². The number of thioether (sulfide) groups is 1. The van der Waals surface area contributed by atoms with Crippen molar-refractivity contribution < 1.29 is 43.2 Å². The van der Waals surface area contributed by atoms with Crippen LogP contribution in [0, 0.1) is 0 Å². The molecule has 2 rings (SSSR count). The monoisotopic (exact) mass is 569 g/mol. The number of nitrogens with one attached hydrogen (secondary N) is 2. The maximum atomic E-state index is 12.7. The molecule has 39 heavy (non-hydrogen) atoms. The van der Waals surface area contributed by atoms with E-state index in [1.807, 2.05) is 6.92 Å². The number of amides is 2. The fourth-order valence-corrected chi connectivity index (χ4v) is 4.12. The molecule has 0 aromatic heterocycles. The number of aliphatic carboxylic acids is 1. The molecular weight excluding hydrogens is 530 g/mol. The molecule has 13 heteroatoms. The average Bonchev–Trinajstić information content (AvgIpc) is 3.22. The molecule has 3 N–H and O–H groups in total. The summed E-state index contributed by atoms with van der Waals surface area (Å²) in [5.41, 5.74) is 0.800. The molecule has 0 bridgehead atoms. The van der Waals surface area contributed by atoms with E-state index in [0.717, 1.165) is 0 Å². The van der Waals surface area contributed by atoms with E-state index in [9.17, 15) is 14.4 Å². The number of nitrogens with zero attached hydrogens (tertiary/aromatic N) is 1. The number of benzene rings is 1. The number of para-hydroxylation sites is 1. The Morgan fingerprint density at radius 3 is 1.82 bits per heavy atom. The van der Waals surface area contributed by atoms with Gasteiger partial charge in [0.1, 0.15) is 0 Å². The first-order valence-corrected chi connectivity index (χ1v) is 13.8. The smallest absolute Gasteiger partial charge is 0.305 e. The van der Waals surface area contributed by atoms with Crippen LogP contribution in [0.4, 0.5) is 5.69 Å². The molecule has 218 valence electrons. The second-order valence-corrected chi connectivity index (χ2v) is 9.87. The number of carboxylic acids is 1. The highest BCUT2D eigenvalue weighted by atomic mass is 32.2. The van der Waals surface area contributed by atoms with E-state index in [2.05, 4.69) is 22.5 Å². The van der Waals surface area contributed by atoms with Crippen LogP contribution < -0.4 is 10.6 Å². The SMILES string of the molecule is CC1N=C(NC(=O)c2ccccc2NC(=O)CCOCCOCCOCCOCCOCCC(=O)O)SC1C. The summed E-state index contributed by atoms with van der Waals surface area (Å²) >= 11 is 1.52. The number of hydrogen-bond acceptors (Lipinski definition) is 10. The Morgan fingerprint density at radius 2 is 1.31 bits per heavy atom. The molecule has 12 nitrogen and oxygen atoms in total. The van der Waals surface area contributed by atoms with Crippen LogP contribution in [-0.2, 0) is 33.3 Å². The highest BCUT2D eigenvalue weighted by molar-refractivity contribution is 8.14. The zero-order valence-electron chi connectivity index (χ0n) is 22.5. The van der Waals surface area contributed by atoms with Crippen molar-refractivity contribution in [2.24, 2.45) is 4.99 Å². The maximum absolute atomic E-state index is 12.7. The van der Waals surface area contributed by atoms with E-state index in [1.165, 1.54) is 11.8 Å². The van der Waals surface area contributed by atoms with Gasteiger partial charge in [0.15, 0.2) is 5.17 Å². The van der Waals surface area contributed by atoms with E-state index in [4.69, 9.17) is 28.8 Å². The van der Waals surface area contributed by atoms with Crippen LogP contribution in [0.5, 0.6) is 0 Å². The topological polar surface area (TPSA) is 154 Å². The van der Waals surface area contributed by atoms with Gasteiger partial charge in [-0.1, -0.05) is 30.8 Å². The first-order valence-electron chi connectivity index (χ1n) is 12.9. The highest BCUT2D eigenvalue weighted by Gasteiger charge is 2.24. The second-order valence-electron chi connectivity index (χ2n) is 8.50. The first-order chi connectivity index (χ1) is 18.9. The van der Waals surface area contributed by atoms with Gasteiger partial charge in [0.25, 0.3) is 5.91 Å². The number of rotatable bonds is 20. The number of hydrogen-bond donors (Lipinski definition) is 3. The Bertz CT molecular complexity index is 932. The molecule has 1 heterocycles. The third kappa shape index (κ3) is 14.4. The minimum atomic E-state index is -0.888. The molecule has 2 amide bonds. The Morgan fingerprint density at radius 1 is 0.795 bits per heavy atom. The molecule has 0 radical (unpaired) electrons. The highest BCUT2D eigenvalue weighted by Crippen LogP contribution is 2.25. The Balaban J connectivity index is 1.46. The van der Waals surface area contributed by atoms with Crippen LogP contribution in [0.1, 0.15) is 37.0 Å². The normalized spacial score (nSPS) is 16.6. The summed E-state index contributed by atoms with van der Waals surface area (Å²) in [6, 6.07) is 6.98. The number of carbonyl (C=O) groups is 3. The van der Waals surface area contributed by atoms with Crippen LogP contribution in [0.25, 0.3) is 0 Å². The van der Waals surface area contributed by atoms with Crippen LogP contribution in [0.15, 0.2) is 29.3 Å². The zero-order chi connectivity index (χ0) is 28.3. The number of ether oxygens (including phenoxy) is 5. The third-order valence-electron chi connectivity index (χ3n) is 5.39. The number of aliphatic imine (C=N–C) groups is 1. The van der Waals surface area contributed by atoms with E-state index >= 15 is 0 Å². The lowest BCUT2D eigenvalue weighted by atomic mass is 10.1. The lowest BCUT2D eigenvalue weighted by molar-refractivity contribution is -0.138. The number of carboxylic acid groups (broad SMARTS) is 1. The molecule has 0 saturated carbocycles. The van der Waals surface area contributed by atoms with Gasteiger partial charge in [-0.2, -0.15) is 0 Å². The number of carbonyl (C=O) groups excluding carboxylic acids is 2. The van der Waals surface area contributed by atoms with Crippen molar-refractivity contribution in [3.63, 3.8) is 0 Å². The second kappa shape index (κ2) is 19.5. The summed E-state index contributed by atoms with van der Waals surface area (Å²) in [6.45, 7) is 7.55. The van der Waals surface area contributed by atoms with Gasteiger partial charge in [-0.15, -0.1) is 0 Å². The van der Waals surface area contributed by atoms with Gasteiger partial charge in [0.2, 0.25) is 5.91 Å². The fraction of sp³-hybridized carbons (Fsp3) is 0.615. The van der Waals surface area contributed by atoms with Crippen LogP contribution >= 0.6 is 11.8 Å². The van der Waals surface area contributed by atoms with E-state index in [1.54, 1.807) is 24.3 Å². The van der Waals surface area contributed by atoms with Gasteiger partial charge in [-0.25, -0.2) is 0 Å². The molecule has 1 aromatic rings. The Hall–Kier alpha value is -2.55. The van der Waals surface area contributed by atoms with Crippen LogP contribution in [0.2, 0.25) is 0 Å². The van der Waals surface area contributed by atoms with E-state index in [0.29, 0.717) is 74.5 Å². The van der Waals surface area contributed by atoms with Gasteiger partial charge in [-0.05, 0) is 19.1 Å². The summed E-state index contributed by atoms with van der Waals surface area (Å²) in [6.07, 6.45) is 0.122. The van der Waals surface area contributed by atoms with Gasteiger partial charge < -0.3 is 39.4 Å². The first kappa shape index (κ1) is 32.7. The Kier molecular flexibility index (Phi) is 16.3. The van der Waals surface area contributed by atoms with Crippen LogP contribution in [-0.4, -0.2) is 105 Å². The lowest BCUT2D eigenvalue weighted by Gasteiger charge is -2.11. The van der Waals surface area contributed by atoms with Gasteiger partial charge in [-0.3, -0.25) is 19.4 Å². The molecule has 0 spiro atoms. The van der Waals surface area contributed by atoms with E-state index in [-0.39, 0.29) is 43.9 Å². The standard InChI is InChI=1S/C26H39N3O9S/c1-19-20(2)39-26(27-19)29-25(33)21-5-3-4-6-22(21)28-23(30)7-9-34-11-13-36-15-17-38-18-16-37-14-12-35-10-8-24(31)32/h3-6,19-20H,7-18H2,1-2H3,(H,28,30)(H,31,32)(H,27,29,33). The van der Waals surface area contributed by atoms with Crippen molar-refractivity contribution in [1.82, 2.24) is 5.32 Å². The largest absolute Gasteiger partial charge is 0.481 e. The lowest BCUT2D eigenvalue weighted by Crippen LogP contribution is -2.29. The molecular formula is C26H39N3O9S. The minimum absolute atomic E-state index is 0.0182. The molecule has 1 aliphatic rings. The molecule has 0 aliphatic carbocycles. The zero-order valence-corrected chi connectivity index (χ0v) is 23.3. The molecule has 0 saturated heterocycles. The predicted molar refractivity (Wildman–Crippen MR) is 147 cm³/mol. The number of amidine groups is 1. The van der Waals surface area contributed by atoms with Gasteiger partial charge in [0.05, 0.1) is 96.2 Å². The van der Waals surface area contributed by atoms with Gasteiger partial charge >= 0.3 is 5.97 Å². The van der Waals surface area contributed by atoms with Crippen molar-refractivity contribution in [2.75, 3.05) is 71.4 Å². The Labute approximate surface area is 233 Å². The van der Waals surface area contributed by atoms with Crippen molar-refractivity contribution in [3.05, 3.63) is 29.8 Å². The van der Waals surface area contributed by atoms with E-state index < -0.39 is 5.97 Å². The third-order valence-corrected chi connectivity index (χ3v) is 6.58. The fourth-order valence-electron chi connectivity index (χ4n) is 3.13. The summed E-state index contributed by atoms with van der Waals surface area (Å²) in [4.78, 5) is 39.8. The molecule has 2 atom stereocenters. The predicted octanol–water partition coefficient (Wildman–Crippen LogP) is 2.18. The maximum Gasteiger partial charge on any atom is 0.305 e.